The van der Waals surface area contributed by atoms with E-state index in [0.717, 1.165) is 31.6 Å². The maximum Gasteiger partial charge on any atom is 0.247 e. The van der Waals surface area contributed by atoms with Gasteiger partial charge in [-0.3, -0.25) is 14.2 Å². The van der Waals surface area contributed by atoms with E-state index in [0.29, 0.717) is 5.92 Å². The van der Waals surface area contributed by atoms with E-state index in [2.05, 4.69) is 16.3 Å². The summed E-state index contributed by atoms with van der Waals surface area (Å²) in [5.41, 5.74) is 1.14. The highest BCUT2D eigenvalue weighted by Crippen LogP contribution is 2.27. The van der Waals surface area contributed by atoms with E-state index in [1.165, 1.54) is 0 Å². The lowest BCUT2D eigenvalue weighted by atomic mass is 9.93. The Kier molecular flexibility index (Phi) is 3.77. The van der Waals surface area contributed by atoms with Crippen LogP contribution in [0.1, 0.15) is 37.4 Å². The first-order valence-electron chi connectivity index (χ1n) is 7.42. The summed E-state index contributed by atoms with van der Waals surface area (Å²) in [6.45, 7) is 3.50. The van der Waals surface area contributed by atoms with Crippen molar-refractivity contribution >= 4 is 5.91 Å². The summed E-state index contributed by atoms with van der Waals surface area (Å²) in [5.74, 6) is 0.619. The molecule has 0 N–H and O–H groups in total. The van der Waals surface area contributed by atoms with Gasteiger partial charge in [-0.2, -0.15) is 10.2 Å². The van der Waals surface area contributed by atoms with Crippen molar-refractivity contribution in [3.63, 3.8) is 0 Å². The molecule has 0 bridgehead atoms. The number of rotatable bonds is 3. The lowest BCUT2D eigenvalue weighted by Gasteiger charge is -2.33. The van der Waals surface area contributed by atoms with Crippen molar-refractivity contribution in [2.45, 2.75) is 31.7 Å². The van der Waals surface area contributed by atoms with Gasteiger partial charge in [-0.15, -0.1) is 0 Å². The van der Waals surface area contributed by atoms with Crippen LogP contribution < -0.4 is 0 Å². The fraction of sp³-hybridized carbons (Fsp3) is 0.533. The average molecular weight is 287 g/mol. The smallest absolute Gasteiger partial charge is 0.247 e. The summed E-state index contributed by atoms with van der Waals surface area (Å²) in [7, 11) is 1.94. The fourth-order valence-electron chi connectivity index (χ4n) is 2.93. The minimum absolute atomic E-state index is 0.151. The van der Waals surface area contributed by atoms with Crippen LogP contribution in [-0.4, -0.2) is 43.5 Å². The molecule has 1 amide bonds. The average Bonchev–Trinajstić information content (AvgIpc) is 3.17. The number of likely N-dealkylation sites (tertiary alicyclic amines) is 1. The molecule has 1 atom stereocenters. The second kappa shape index (κ2) is 5.71. The molecule has 0 spiro atoms. The Morgan fingerprint density at radius 2 is 2.10 bits per heavy atom. The van der Waals surface area contributed by atoms with Crippen LogP contribution in [0.3, 0.4) is 0 Å². The lowest BCUT2D eigenvalue weighted by molar-refractivity contribution is -0.135. The molecule has 0 aromatic carbocycles. The van der Waals surface area contributed by atoms with Crippen molar-refractivity contribution in [1.82, 2.24) is 24.5 Å². The number of aromatic nitrogens is 4. The molecule has 0 aliphatic carbocycles. The van der Waals surface area contributed by atoms with Gasteiger partial charge < -0.3 is 4.90 Å². The molecular formula is C15H21N5O. The van der Waals surface area contributed by atoms with Crippen molar-refractivity contribution in [3.8, 4) is 0 Å². The van der Waals surface area contributed by atoms with Gasteiger partial charge in [0, 0.05) is 44.6 Å². The van der Waals surface area contributed by atoms with Gasteiger partial charge >= 0.3 is 0 Å². The third-order valence-corrected chi connectivity index (χ3v) is 4.24. The van der Waals surface area contributed by atoms with Crippen LogP contribution in [0.2, 0.25) is 0 Å². The van der Waals surface area contributed by atoms with Gasteiger partial charge in [0.1, 0.15) is 6.04 Å². The summed E-state index contributed by atoms with van der Waals surface area (Å²) < 4.78 is 3.56. The topological polar surface area (TPSA) is 56.0 Å². The first kappa shape index (κ1) is 13.9. The molecule has 2 aromatic heterocycles. The first-order valence-corrected chi connectivity index (χ1v) is 7.42. The standard InChI is InChI=1S/C15H21N5O/c1-12(20-8-3-7-16-20)15(21)19-10-4-13(5-11-19)14-6-9-18(2)17-14/h3,6-9,12-13H,4-5,10-11H2,1-2H3. The second-order valence-corrected chi connectivity index (χ2v) is 5.68. The Morgan fingerprint density at radius 3 is 2.67 bits per heavy atom. The largest absolute Gasteiger partial charge is 0.341 e. The minimum Gasteiger partial charge on any atom is -0.341 e. The Morgan fingerprint density at radius 1 is 1.33 bits per heavy atom. The van der Waals surface area contributed by atoms with Crippen LogP contribution in [-0.2, 0) is 11.8 Å². The van der Waals surface area contributed by atoms with Gasteiger partial charge in [-0.05, 0) is 31.9 Å². The van der Waals surface area contributed by atoms with Crippen LogP contribution in [0, 0.1) is 0 Å². The number of hydrogen-bond acceptors (Lipinski definition) is 3. The molecule has 1 saturated heterocycles. The van der Waals surface area contributed by atoms with Crippen LogP contribution in [0.15, 0.2) is 30.7 Å². The van der Waals surface area contributed by atoms with Gasteiger partial charge in [-0.25, -0.2) is 0 Å². The molecule has 0 saturated carbocycles. The van der Waals surface area contributed by atoms with E-state index in [-0.39, 0.29) is 11.9 Å². The maximum absolute atomic E-state index is 12.5. The van der Waals surface area contributed by atoms with Gasteiger partial charge in [0.25, 0.3) is 0 Å². The molecule has 3 rings (SSSR count). The summed E-state index contributed by atoms with van der Waals surface area (Å²) in [6, 6.07) is 3.69. The van der Waals surface area contributed by atoms with E-state index in [4.69, 9.17) is 0 Å². The Bertz CT molecular complexity index is 595. The van der Waals surface area contributed by atoms with Crippen LogP contribution in [0.5, 0.6) is 0 Å². The van der Waals surface area contributed by atoms with Crippen LogP contribution >= 0.6 is 0 Å². The van der Waals surface area contributed by atoms with Crippen molar-refractivity contribution < 1.29 is 4.79 Å². The molecule has 3 heterocycles. The number of amides is 1. The molecule has 1 unspecified atom stereocenters. The van der Waals surface area contributed by atoms with Gasteiger partial charge in [0.15, 0.2) is 0 Å². The summed E-state index contributed by atoms with van der Waals surface area (Å²) >= 11 is 0. The quantitative estimate of drug-likeness (QED) is 0.861. The third-order valence-electron chi connectivity index (χ3n) is 4.24. The molecule has 1 aliphatic heterocycles. The highest BCUT2D eigenvalue weighted by Gasteiger charge is 2.28. The predicted molar refractivity (Wildman–Crippen MR) is 78.7 cm³/mol. The van der Waals surface area contributed by atoms with Gasteiger partial charge in [-0.1, -0.05) is 0 Å². The second-order valence-electron chi connectivity index (χ2n) is 5.68. The number of carbonyl (C=O) groups is 1. The fourth-order valence-corrected chi connectivity index (χ4v) is 2.93. The van der Waals surface area contributed by atoms with Crippen molar-refractivity contribution in [3.05, 3.63) is 36.4 Å². The predicted octanol–water partition coefficient (Wildman–Crippen LogP) is 1.58. The van der Waals surface area contributed by atoms with E-state index in [9.17, 15) is 4.79 Å². The number of hydrogen-bond donors (Lipinski definition) is 0. The molecule has 112 valence electrons. The summed E-state index contributed by atoms with van der Waals surface area (Å²) in [6.07, 6.45) is 7.48. The molecule has 6 nitrogen and oxygen atoms in total. The highest BCUT2D eigenvalue weighted by atomic mass is 16.2. The zero-order chi connectivity index (χ0) is 14.8. The number of nitrogens with zero attached hydrogens (tertiary/aromatic N) is 5. The van der Waals surface area contributed by atoms with Crippen molar-refractivity contribution in [2.24, 2.45) is 7.05 Å². The molecule has 6 heteroatoms. The first-order chi connectivity index (χ1) is 10.1. The third kappa shape index (κ3) is 2.84. The lowest BCUT2D eigenvalue weighted by Crippen LogP contribution is -2.41. The van der Waals surface area contributed by atoms with Crippen LogP contribution in [0.25, 0.3) is 0 Å². The Hall–Kier alpha value is -2.11. The van der Waals surface area contributed by atoms with Crippen molar-refractivity contribution in [2.75, 3.05) is 13.1 Å². The zero-order valence-electron chi connectivity index (χ0n) is 12.5. The normalized spacial score (nSPS) is 17.9. The summed E-state index contributed by atoms with van der Waals surface area (Å²) in [5, 5.41) is 8.63. The molecule has 0 radical (unpaired) electrons. The van der Waals surface area contributed by atoms with E-state index >= 15 is 0 Å². The number of aryl methyl sites for hydroxylation is 1. The van der Waals surface area contributed by atoms with Gasteiger partial charge in [0.2, 0.25) is 5.91 Å². The van der Waals surface area contributed by atoms with Crippen molar-refractivity contribution in [1.29, 1.82) is 0 Å². The molecule has 1 fully saturated rings. The zero-order valence-corrected chi connectivity index (χ0v) is 12.5. The molecule has 1 aliphatic rings. The molecule has 2 aromatic rings. The van der Waals surface area contributed by atoms with Crippen LogP contribution in [0.4, 0.5) is 0 Å². The minimum atomic E-state index is -0.230. The maximum atomic E-state index is 12.5. The molecule has 21 heavy (non-hydrogen) atoms. The van der Waals surface area contributed by atoms with E-state index in [1.807, 2.05) is 42.0 Å². The summed E-state index contributed by atoms with van der Waals surface area (Å²) in [4.78, 5) is 14.4. The van der Waals surface area contributed by atoms with Gasteiger partial charge in [0.05, 0.1) is 5.69 Å². The number of carbonyl (C=O) groups excluding carboxylic acids is 1. The SMILES string of the molecule is CC(C(=O)N1CCC(c2ccn(C)n2)CC1)n1cccn1. The molecular weight excluding hydrogens is 266 g/mol. The number of piperidine rings is 1. The van der Waals surface area contributed by atoms with E-state index < -0.39 is 0 Å². The monoisotopic (exact) mass is 287 g/mol. The highest BCUT2D eigenvalue weighted by molar-refractivity contribution is 5.80. The Labute approximate surface area is 124 Å². The Balaban J connectivity index is 1.59. The van der Waals surface area contributed by atoms with E-state index in [1.54, 1.807) is 10.9 Å².